The average Bonchev–Trinajstić information content (AvgIpc) is 3.12. The molecule has 4 rings (SSSR count). The van der Waals surface area contributed by atoms with E-state index in [4.69, 9.17) is 28.6 Å². The Morgan fingerprint density at radius 1 is 1.03 bits per heavy atom. The molecule has 0 atom stereocenters. The van der Waals surface area contributed by atoms with Crippen molar-refractivity contribution in [3.05, 3.63) is 94.0 Å². The fourth-order valence-electron chi connectivity index (χ4n) is 2.85. The van der Waals surface area contributed by atoms with Gasteiger partial charge in [0.1, 0.15) is 12.4 Å². The molecular formula is C21H18ClN5OS. The number of nitrogens with one attached hydrogen (secondary N) is 2. The molecule has 0 aliphatic rings. The van der Waals surface area contributed by atoms with Crippen molar-refractivity contribution in [3.8, 4) is 17.1 Å². The Bertz CT molecular complexity index is 1160. The second kappa shape index (κ2) is 8.89. The Labute approximate surface area is 178 Å². The predicted molar refractivity (Wildman–Crippen MR) is 116 cm³/mol. The summed E-state index contributed by atoms with van der Waals surface area (Å²) in [5.41, 5.74) is 6.30. The molecule has 2 heterocycles. The molecule has 4 aromatic rings. The second-order valence-corrected chi connectivity index (χ2v) is 7.15. The number of aromatic amines is 1. The van der Waals surface area contributed by atoms with E-state index < -0.39 is 0 Å². The highest BCUT2D eigenvalue weighted by Gasteiger charge is 2.08. The lowest BCUT2D eigenvalue weighted by atomic mass is 10.2. The van der Waals surface area contributed by atoms with Gasteiger partial charge in [-0.25, -0.2) is 9.77 Å². The van der Waals surface area contributed by atoms with E-state index in [2.05, 4.69) is 20.6 Å². The molecule has 0 saturated carbocycles. The highest BCUT2D eigenvalue weighted by Crippen LogP contribution is 2.18. The molecule has 0 amide bonds. The largest absolute Gasteiger partial charge is 0.489 e. The van der Waals surface area contributed by atoms with E-state index in [0.29, 0.717) is 28.8 Å². The zero-order valence-electron chi connectivity index (χ0n) is 15.4. The van der Waals surface area contributed by atoms with Crippen LogP contribution in [0.2, 0.25) is 5.02 Å². The molecule has 2 N–H and O–H groups in total. The van der Waals surface area contributed by atoms with Gasteiger partial charge in [0.05, 0.1) is 6.54 Å². The number of nitrogens with zero attached hydrogens (tertiary/aromatic N) is 3. The Kier molecular flexibility index (Phi) is 5.88. The summed E-state index contributed by atoms with van der Waals surface area (Å²) < 4.78 is 8.15. The molecule has 6 nitrogen and oxygen atoms in total. The van der Waals surface area contributed by atoms with Crippen molar-refractivity contribution < 1.29 is 4.74 Å². The van der Waals surface area contributed by atoms with Gasteiger partial charge in [0.15, 0.2) is 5.82 Å². The van der Waals surface area contributed by atoms with Gasteiger partial charge in [0.2, 0.25) is 4.77 Å². The maximum atomic E-state index is 6.03. The number of hydrogen-bond acceptors (Lipinski definition) is 5. The van der Waals surface area contributed by atoms with Crippen LogP contribution in [0.3, 0.4) is 0 Å². The number of rotatable bonds is 7. The molecule has 0 fully saturated rings. The van der Waals surface area contributed by atoms with Crippen LogP contribution in [0.4, 0.5) is 0 Å². The minimum absolute atomic E-state index is 0.455. The third-order valence-corrected chi connectivity index (χ3v) is 4.75. The monoisotopic (exact) mass is 423 g/mol. The zero-order chi connectivity index (χ0) is 20.1. The molecule has 0 spiro atoms. The van der Waals surface area contributed by atoms with Crippen molar-refractivity contribution in [1.29, 1.82) is 0 Å². The number of hydrogen-bond donors (Lipinski definition) is 2. The Morgan fingerprint density at radius 2 is 1.83 bits per heavy atom. The van der Waals surface area contributed by atoms with Crippen LogP contribution in [0.5, 0.6) is 5.75 Å². The molecule has 0 radical (unpaired) electrons. The van der Waals surface area contributed by atoms with E-state index in [0.717, 1.165) is 22.4 Å². The van der Waals surface area contributed by atoms with Crippen LogP contribution in [0, 0.1) is 4.77 Å². The zero-order valence-corrected chi connectivity index (χ0v) is 17.0. The molecule has 0 bridgehead atoms. The molecule has 0 aliphatic heterocycles. The maximum Gasteiger partial charge on any atom is 0.214 e. The van der Waals surface area contributed by atoms with Crippen molar-refractivity contribution in [2.24, 2.45) is 0 Å². The van der Waals surface area contributed by atoms with E-state index in [1.807, 2.05) is 60.7 Å². The summed E-state index contributed by atoms with van der Waals surface area (Å²) in [6.45, 7) is 1.01. The summed E-state index contributed by atoms with van der Waals surface area (Å²) >= 11 is 11.4. The molecule has 2 aromatic heterocycles. The van der Waals surface area contributed by atoms with Gasteiger partial charge < -0.3 is 10.2 Å². The van der Waals surface area contributed by atoms with Crippen LogP contribution >= 0.6 is 23.8 Å². The molecule has 0 aliphatic carbocycles. The minimum Gasteiger partial charge on any atom is -0.489 e. The Hall–Kier alpha value is -3.16. The van der Waals surface area contributed by atoms with E-state index in [9.17, 15) is 0 Å². The summed E-state index contributed by atoms with van der Waals surface area (Å²) in [6, 6.07) is 19.3. The first-order valence-electron chi connectivity index (χ1n) is 8.97. The molecule has 2 aromatic carbocycles. The number of H-pyrrole nitrogens is 1. The highest BCUT2D eigenvalue weighted by molar-refractivity contribution is 7.71. The third-order valence-electron chi connectivity index (χ3n) is 4.25. The van der Waals surface area contributed by atoms with Gasteiger partial charge in [0.25, 0.3) is 0 Å². The van der Waals surface area contributed by atoms with Crippen molar-refractivity contribution in [2.45, 2.75) is 13.2 Å². The summed E-state index contributed by atoms with van der Waals surface area (Å²) in [5.74, 6) is 1.49. The standard InChI is InChI=1S/C21H18ClN5OS/c22-18-5-1-4-16(11-18)14-28-19-6-2-3-15(12-19)13-24-27-20(25-26-21(27)29)17-7-9-23-10-8-17/h1-12,24H,13-14H2,(H,26,29). The maximum absolute atomic E-state index is 6.03. The summed E-state index contributed by atoms with van der Waals surface area (Å²) in [4.78, 5) is 4.04. The number of benzene rings is 2. The topological polar surface area (TPSA) is 67.8 Å². The first-order chi connectivity index (χ1) is 14.2. The minimum atomic E-state index is 0.455. The quantitative estimate of drug-likeness (QED) is 0.410. The van der Waals surface area contributed by atoms with Crippen LogP contribution in [0.1, 0.15) is 11.1 Å². The Morgan fingerprint density at radius 3 is 2.66 bits per heavy atom. The SMILES string of the molecule is S=c1[nH]nc(-c2ccncc2)n1NCc1cccc(OCc2cccc(Cl)c2)c1. The molecule has 8 heteroatoms. The molecule has 29 heavy (non-hydrogen) atoms. The van der Waals surface area contributed by atoms with Crippen molar-refractivity contribution >= 4 is 23.8 Å². The number of aromatic nitrogens is 4. The summed E-state index contributed by atoms with van der Waals surface area (Å²) in [6.07, 6.45) is 3.44. The van der Waals surface area contributed by atoms with Gasteiger partial charge in [-0.15, -0.1) is 0 Å². The number of halogens is 1. The van der Waals surface area contributed by atoms with E-state index in [-0.39, 0.29) is 0 Å². The van der Waals surface area contributed by atoms with Gasteiger partial charge in [0, 0.05) is 23.0 Å². The van der Waals surface area contributed by atoms with Crippen molar-refractivity contribution in [1.82, 2.24) is 19.9 Å². The predicted octanol–water partition coefficient (Wildman–Crippen LogP) is 4.98. The lowest BCUT2D eigenvalue weighted by Crippen LogP contribution is -2.16. The van der Waals surface area contributed by atoms with Crippen LogP contribution in [0.25, 0.3) is 11.4 Å². The second-order valence-electron chi connectivity index (χ2n) is 6.32. The van der Waals surface area contributed by atoms with Gasteiger partial charge in [-0.1, -0.05) is 35.9 Å². The average molecular weight is 424 g/mol. The van der Waals surface area contributed by atoms with Crippen LogP contribution in [-0.4, -0.2) is 19.9 Å². The fourth-order valence-corrected chi connectivity index (χ4v) is 3.26. The van der Waals surface area contributed by atoms with Crippen molar-refractivity contribution in [3.63, 3.8) is 0 Å². The van der Waals surface area contributed by atoms with Crippen LogP contribution in [0.15, 0.2) is 73.1 Å². The number of ether oxygens (including phenoxy) is 1. The van der Waals surface area contributed by atoms with Gasteiger partial charge in [-0.3, -0.25) is 4.98 Å². The summed E-state index contributed by atoms with van der Waals surface area (Å²) in [5, 5.41) is 7.83. The van der Waals surface area contributed by atoms with Crippen LogP contribution in [-0.2, 0) is 13.2 Å². The molecule has 146 valence electrons. The van der Waals surface area contributed by atoms with E-state index in [1.54, 1.807) is 17.1 Å². The van der Waals surface area contributed by atoms with E-state index >= 15 is 0 Å². The van der Waals surface area contributed by atoms with Gasteiger partial charge >= 0.3 is 0 Å². The Balaban J connectivity index is 1.44. The fraction of sp³-hybridized carbons (Fsp3) is 0.0952. The smallest absolute Gasteiger partial charge is 0.214 e. The number of pyridine rings is 1. The van der Waals surface area contributed by atoms with E-state index in [1.165, 1.54) is 0 Å². The van der Waals surface area contributed by atoms with Gasteiger partial charge in [-0.05, 0) is 59.7 Å². The molecule has 0 saturated heterocycles. The third kappa shape index (κ3) is 4.82. The highest BCUT2D eigenvalue weighted by atomic mass is 35.5. The normalized spacial score (nSPS) is 10.7. The lowest BCUT2D eigenvalue weighted by molar-refractivity contribution is 0.306. The van der Waals surface area contributed by atoms with Crippen molar-refractivity contribution in [2.75, 3.05) is 5.43 Å². The first-order valence-corrected chi connectivity index (χ1v) is 9.75. The van der Waals surface area contributed by atoms with Gasteiger partial charge in [-0.2, -0.15) is 5.10 Å². The lowest BCUT2D eigenvalue weighted by Gasteiger charge is -2.12. The first kappa shape index (κ1) is 19.2. The molecule has 0 unspecified atom stereocenters. The van der Waals surface area contributed by atoms with Crippen LogP contribution < -0.4 is 10.2 Å². The summed E-state index contributed by atoms with van der Waals surface area (Å²) in [7, 11) is 0. The molecular weight excluding hydrogens is 406 g/mol.